The van der Waals surface area contributed by atoms with Gasteiger partial charge in [-0.2, -0.15) is 0 Å². The number of hydrogen-bond donors (Lipinski definition) is 0. The van der Waals surface area contributed by atoms with Gasteiger partial charge in [0.15, 0.2) is 0 Å². The van der Waals surface area contributed by atoms with Gasteiger partial charge in [0.1, 0.15) is 5.75 Å². The van der Waals surface area contributed by atoms with Gasteiger partial charge in [0, 0.05) is 25.1 Å². The highest BCUT2D eigenvalue weighted by Crippen LogP contribution is 2.26. The molecular formula is C21H23NO2. The van der Waals surface area contributed by atoms with Crippen LogP contribution < -0.4 is 4.74 Å². The summed E-state index contributed by atoms with van der Waals surface area (Å²) in [5.74, 6) is 0.997. The third-order valence-electron chi connectivity index (χ3n) is 4.23. The quantitative estimate of drug-likeness (QED) is 0.777. The Hall–Kier alpha value is -2.55. The number of amides is 1. The molecule has 2 aromatic carbocycles. The van der Waals surface area contributed by atoms with Crippen LogP contribution >= 0.6 is 0 Å². The van der Waals surface area contributed by atoms with E-state index in [0.29, 0.717) is 6.54 Å². The molecule has 1 amide bonds. The predicted octanol–water partition coefficient (Wildman–Crippen LogP) is 4.07. The second-order valence-corrected chi connectivity index (χ2v) is 6.34. The van der Waals surface area contributed by atoms with Crippen molar-refractivity contribution in [3.8, 4) is 5.75 Å². The first-order chi connectivity index (χ1) is 11.6. The minimum absolute atomic E-state index is 0.0330. The third-order valence-corrected chi connectivity index (χ3v) is 4.23. The predicted molar refractivity (Wildman–Crippen MR) is 96.8 cm³/mol. The summed E-state index contributed by atoms with van der Waals surface area (Å²) in [7, 11) is 0. The van der Waals surface area contributed by atoms with Crippen LogP contribution in [-0.4, -0.2) is 23.5 Å². The highest BCUT2D eigenvalue weighted by atomic mass is 16.5. The SMILES string of the molecule is CC(C)N(Cc1ccccc1)C(=O)/C=C/c1ccc2c(c1)CCO2. The largest absolute Gasteiger partial charge is 0.493 e. The van der Waals surface area contributed by atoms with Crippen LogP contribution in [0.2, 0.25) is 0 Å². The minimum atomic E-state index is 0.0330. The maximum atomic E-state index is 12.6. The smallest absolute Gasteiger partial charge is 0.247 e. The van der Waals surface area contributed by atoms with Crippen molar-refractivity contribution in [3.05, 3.63) is 71.3 Å². The molecule has 0 saturated carbocycles. The minimum Gasteiger partial charge on any atom is -0.493 e. The number of ether oxygens (including phenoxy) is 1. The summed E-state index contributed by atoms with van der Waals surface area (Å²) < 4.78 is 5.52. The molecule has 0 radical (unpaired) electrons. The Kier molecular flexibility index (Phi) is 4.99. The summed E-state index contributed by atoms with van der Waals surface area (Å²) in [5, 5.41) is 0. The van der Waals surface area contributed by atoms with Crippen LogP contribution in [0, 0.1) is 0 Å². The first-order valence-electron chi connectivity index (χ1n) is 8.42. The zero-order chi connectivity index (χ0) is 16.9. The van der Waals surface area contributed by atoms with Crippen molar-refractivity contribution in [1.82, 2.24) is 4.90 Å². The van der Waals surface area contributed by atoms with Crippen LogP contribution in [-0.2, 0) is 17.8 Å². The molecule has 24 heavy (non-hydrogen) atoms. The van der Waals surface area contributed by atoms with Crippen molar-refractivity contribution in [2.75, 3.05) is 6.61 Å². The molecule has 0 aromatic heterocycles. The van der Waals surface area contributed by atoms with Crippen LogP contribution in [0.25, 0.3) is 6.08 Å². The van der Waals surface area contributed by atoms with Crippen molar-refractivity contribution in [2.45, 2.75) is 32.9 Å². The molecule has 0 bridgehead atoms. The Morgan fingerprint density at radius 3 is 2.75 bits per heavy atom. The van der Waals surface area contributed by atoms with Crippen LogP contribution in [0.5, 0.6) is 5.75 Å². The summed E-state index contributed by atoms with van der Waals surface area (Å²) in [6.45, 7) is 5.46. The van der Waals surface area contributed by atoms with E-state index in [9.17, 15) is 4.79 Å². The van der Waals surface area contributed by atoms with Gasteiger partial charge in [0.25, 0.3) is 0 Å². The molecule has 0 aliphatic carbocycles. The first kappa shape index (κ1) is 16.3. The zero-order valence-electron chi connectivity index (χ0n) is 14.2. The number of fused-ring (bicyclic) bond motifs is 1. The first-order valence-corrected chi connectivity index (χ1v) is 8.42. The normalized spacial score (nSPS) is 13.1. The van der Waals surface area contributed by atoms with E-state index >= 15 is 0 Å². The van der Waals surface area contributed by atoms with Crippen molar-refractivity contribution >= 4 is 12.0 Å². The highest BCUT2D eigenvalue weighted by molar-refractivity contribution is 5.92. The number of carbonyl (C=O) groups is 1. The molecule has 0 unspecified atom stereocenters. The standard InChI is InChI=1S/C21H23NO2/c1-16(2)22(15-18-6-4-3-5-7-18)21(23)11-9-17-8-10-20-19(14-17)12-13-24-20/h3-11,14,16H,12-13,15H2,1-2H3/b11-9+. The fourth-order valence-electron chi connectivity index (χ4n) is 2.87. The van der Waals surface area contributed by atoms with Crippen molar-refractivity contribution in [3.63, 3.8) is 0 Å². The summed E-state index contributed by atoms with van der Waals surface area (Å²) in [4.78, 5) is 14.5. The van der Waals surface area contributed by atoms with E-state index in [-0.39, 0.29) is 11.9 Å². The molecule has 0 fully saturated rings. The Morgan fingerprint density at radius 1 is 1.21 bits per heavy atom. The van der Waals surface area contributed by atoms with E-state index < -0.39 is 0 Å². The molecule has 3 nitrogen and oxygen atoms in total. The van der Waals surface area contributed by atoms with Gasteiger partial charge in [-0.15, -0.1) is 0 Å². The average molecular weight is 321 g/mol. The summed E-state index contributed by atoms with van der Waals surface area (Å²) in [6.07, 6.45) is 4.50. The lowest BCUT2D eigenvalue weighted by Gasteiger charge is -2.25. The van der Waals surface area contributed by atoms with Crippen molar-refractivity contribution in [2.24, 2.45) is 0 Å². The lowest BCUT2D eigenvalue weighted by Crippen LogP contribution is -2.35. The van der Waals surface area contributed by atoms with E-state index in [4.69, 9.17) is 4.74 Å². The molecule has 0 spiro atoms. The monoisotopic (exact) mass is 321 g/mol. The number of carbonyl (C=O) groups excluding carboxylic acids is 1. The molecule has 0 N–H and O–H groups in total. The summed E-state index contributed by atoms with van der Waals surface area (Å²) in [6, 6.07) is 16.3. The van der Waals surface area contributed by atoms with Gasteiger partial charge in [-0.3, -0.25) is 4.79 Å². The Labute approximate surface area is 143 Å². The molecule has 3 rings (SSSR count). The van der Waals surface area contributed by atoms with Gasteiger partial charge in [-0.25, -0.2) is 0 Å². The lowest BCUT2D eigenvalue weighted by molar-refractivity contribution is -0.128. The molecule has 0 atom stereocenters. The molecule has 1 aliphatic heterocycles. The topological polar surface area (TPSA) is 29.5 Å². The Balaban J connectivity index is 1.71. The second kappa shape index (κ2) is 7.35. The maximum Gasteiger partial charge on any atom is 0.247 e. The fraction of sp³-hybridized carbons (Fsp3) is 0.286. The average Bonchev–Trinajstić information content (AvgIpc) is 3.06. The van der Waals surface area contributed by atoms with Gasteiger partial charge >= 0.3 is 0 Å². The molecular weight excluding hydrogens is 298 g/mol. The maximum absolute atomic E-state index is 12.6. The number of benzene rings is 2. The van der Waals surface area contributed by atoms with Gasteiger partial charge in [0.05, 0.1) is 6.61 Å². The molecule has 1 aliphatic rings. The number of hydrogen-bond acceptors (Lipinski definition) is 2. The highest BCUT2D eigenvalue weighted by Gasteiger charge is 2.15. The zero-order valence-corrected chi connectivity index (χ0v) is 14.2. The van der Waals surface area contributed by atoms with Crippen molar-refractivity contribution in [1.29, 1.82) is 0 Å². The summed E-state index contributed by atoms with van der Waals surface area (Å²) in [5.41, 5.74) is 3.40. The van der Waals surface area contributed by atoms with Crippen LogP contribution in [0.3, 0.4) is 0 Å². The van der Waals surface area contributed by atoms with Gasteiger partial charge < -0.3 is 9.64 Å². The van der Waals surface area contributed by atoms with E-state index in [0.717, 1.165) is 29.9 Å². The molecule has 1 heterocycles. The fourth-order valence-corrected chi connectivity index (χ4v) is 2.87. The molecule has 124 valence electrons. The van der Waals surface area contributed by atoms with Crippen LogP contribution in [0.1, 0.15) is 30.5 Å². The van der Waals surface area contributed by atoms with Crippen molar-refractivity contribution < 1.29 is 9.53 Å². The van der Waals surface area contributed by atoms with Crippen LogP contribution in [0.15, 0.2) is 54.6 Å². The van der Waals surface area contributed by atoms with Crippen LogP contribution in [0.4, 0.5) is 0 Å². The summed E-state index contributed by atoms with van der Waals surface area (Å²) >= 11 is 0. The Bertz CT molecular complexity index is 735. The number of rotatable bonds is 5. The van der Waals surface area contributed by atoms with E-state index in [1.807, 2.05) is 67.3 Å². The molecule has 3 heteroatoms. The van der Waals surface area contributed by atoms with Gasteiger partial charge in [-0.05, 0) is 48.7 Å². The molecule has 0 saturated heterocycles. The van der Waals surface area contributed by atoms with Gasteiger partial charge in [-0.1, -0.05) is 36.4 Å². The lowest BCUT2D eigenvalue weighted by atomic mass is 10.1. The molecule has 2 aromatic rings. The third kappa shape index (κ3) is 3.85. The van der Waals surface area contributed by atoms with E-state index in [2.05, 4.69) is 6.07 Å². The van der Waals surface area contributed by atoms with E-state index in [1.165, 1.54) is 5.56 Å². The number of nitrogens with zero attached hydrogens (tertiary/aromatic N) is 1. The second-order valence-electron chi connectivity index (χ2n) is 6.34. The Morgan fingerprint density at radius 2 is 2.00 bits per heavy atom. The van der Waals surface area contributed by atoms with E-state index in [1.54, 1.807) is 6.08 Å². The van der Waals surface area contributed by atoms with Gasteiger partial charge in [0.2, 0.25) is 5.91 Å².